The van der Waals surface area contributed by atoms with Crippen molar-refractivity contribution < 1.29 is 23.8 Å². The van der Waals surface area contributed by atoms with Crippen LogP contribution in [0.1, 0.15) is 37.8 Å². The summed E-state index contributed by atoms with van der Waals surface area (Å²) < 4.78 is 15.4. The van der Waals surface area contributed by atoms with Crippen molar-refractivity contribution in [2.24, 2.45) is 5.73 Å². The van der Waals surface area contributed by atoms with Gasteiger partial charge in [0.1, 0.15) is 5.75 Å². The molecule has 0 aromatic heterocycles. The Morgan fingerprint density at radius 1 is 0.972 bits per heavy atom. The highest BCUT2D eigenvalue weighted by molar-refractivity contribution is 6.76. The fourth-order valence-corrected chi connectivity index (χ4v) is 6.80. The molecule has 0 aliphatic rings. The van der Waals surface area contributed by atoms with Crippen molar-refractivity contribution in [3.63, 3.8) is 0 Å². The van der Waals surface area contributed by atoms with Crippen molar-refractivity contribution in [1.82, 2.24) is 0 Å². The number of hydrogen-bond donors (Lipinski definition) is 2. The van der Waals surface area contributed by atoms with Crippen LogP contribution in [0, 0.1) is 0 Å². The molecule has 0 fully saturated rings. The van der Waals surface area contributed by atoms with Gasteiger partial charge in [-0.15, -0.1) is 0 Å². The van der Waals surface area contributed by atoms with Crippen LogP contribution in [0.25, 0.3) is 0 Å². The molecule has 0 bridgehead atoms. The SMILES string of the molecule is CCOC(=O)C(N)(CCc1ccc(NCCC[Si](C)(C)Cc2cccc(OC)c2)cc1)C(=O)OCC. The molecule has 0 spiro atoms. The predicted octanol–water partition coefficient (Wildman–Crippen LogP) is 4.74. The number of nitrogens with two attached hydrogens (primary N) is 1. The standard InChI is InChI=1S/C28H42N2O5Si/c1-6-34-26(31)28(29,27(32)35-7-2)17-16-22-12-14-24(15-13-22)30-18-9-19-36(4,5)21-23-10-8-11-25(20-23)33-3/h8,10-15,20,30H,6-7,9,16-19,21,29H2,1-5H3. The van der Waals surface area contributed by atoms with E-state index < -0.39 is 25.6 Å². The van der Waals surface area contributed by atoms with Crippen LogP contribution >= 0.6 is 0 Å². The van der Waals surface area contributed by atoms with Crippen LogP contribution in [0.5, 0.6) is 5.75 Å². The first-order valence-corrected chi connectivity index (χ1v) is 16.1. The molecule has 0 atom stereocenters. The third-order valence-corrected chi connectivity index (χ3v) is 9.29. The molecule has 3 N–H and O–H groups in total. The lowest BCUT2D eigenvalue weighted by Crippen LogP contribution is -2.57. The first kappa shape index (κ1) is 29.4. The molecule has 0 aliphatic carbocycles. The number of nitrogens with one attached hydrogen (secondary N) is 1. The Labute approximate surface area is 216 Å². The third kappa shape index (κ3) is 8.99. The monoisotopic (exact) mass is 514 g/mol. The summed E-state index contributed by atoms with van der Waals surface area (Å²) in [6.45, 7) is 9.44. The van der Waals surface area contributed by atoms with Crippen molar-refractivity contribution >= 4 is 25.7 Å². The van der Waals surface area contributed by atoms with Gasteiger partial charge < -0.3 is 25.3 Å². The molecule has 2 rings (SSSR count). The maximum atomic E-state index is 12.3. The Morgan fingerprint density at radius 2 is 1.61 bits per heavy atom. The lowest BCUT2D eigenvalue weighted by atomic mass is 9.92. The van der Waals surface area contributed by atoms with Crippen LogP contribution in [0.3, 0.4) is 0 Å². The molecule has 7 nitrogen and oxygen atoms in total. The van der Waals surface area contributed by atoms with Crippen LogP contribution in [0.2, 0.25) is 19.1 Å². The maximum absolute atomic E-state index is 12.3. The Morgan fingerprint density at radius 3 is 2.19 bits per heavy atom. The summed E-state index contributed by atoms with van der Waals surface area (Å²) in [4.78, 5) is 24.7. The van der Waals surface area contributed by atoms with Crippen molar-refractivity contribution in [2.75, 3.05) is 32.2 Å². The highest BCUT2D eigenvalue weighted by atomic mass is 28.3. The lowest BCUT2D eigenvalue weighted by molar-refractivity contribution is -0.164. The minimum Gasteiger partial charge on any atom is -0.497 e. The number of carbonyl (C=O) groups excluding carboxylic acids is 2. The summed E-state index contributed by atoms with van der Waals surface area (Å²) in [6, 6.07) is 18.7. The maximum Gasteiger partial charge on any atom is 0.337 e. The van der Waals surface area contributed by atoms with E-state index in [-0.39, 0.29) is 19.6 Å². The summed E-state index contributed by atoms with van der Waals surface area (Å²) in [6.07, 6.45) is 1.68. The van der Waals surface area contributed by atoms with E-state index >= 15 is 0 Å². The summed E-state index contributed by atoms with van der Waals surface area (Å²) >= 11 is 0. The molecule has 0 saturated carbocycles. The fourth-order valence-electron chi connectivity index (χ4n) is 4.16. The minimum absolute atomic E-state index is 0.116. The highest BCUT2D eigenvalue weighted by Gasteiger charge is 2.44. The number of carbonyl (C=O) groups is 2. The van der Waals surface area contributed by atoms with Crippen LogP contribution in [0.15, 0.2) is 48.5 Å². The average molecular weight is 515 g/mol. The van der Waals surface area contributed by atoms with Crippen LogP contribution < -0.4 is 15.8 Å². The second-order valence-electron chi connectivity index (χ2n) is 9.83. The van der Waals surface area contributed by atoms with Crippen LogP contribution in [0.4, 0.5) is 5.69 Å². The van der Waals surface area contributed by atoms with Gasteiger partial charge in [0.25, 0.3) is 0 Å². The molecule has 2 aromatic rings. The largest absolute Gasteiger partial charge is 0.497 e. The number of anilines is 1. The van der Waals surface area contributed by atoms with E-state index in [4.69, 9.17) is 19.9 Å². The third-order valence-electron chi connectivity index (χ3n) is 6.22. The van der Waals surface area contributed by atoms with Gasteiger partial charge in [0, 0.05) is 12.2 Å². The van der Waals surface area contributed by atoms with Gasteiger partial charge in [0.05, 0.1) is 28.4 Å². The molecule has 0 amide bonds. The normalized spacial score (nSPS) is 11.6. The minimum atomic E-state index is -1.80. The smallest absolute Gasteiger partial charge is 0.337 e. The zero-order chi connectivity index (χ0) is 26.6. The molecular weight excluding hydrogens is 472 g/mol. The number of benzene rings is 2. The molecule has 0 heterocycles. The van der Waals surface area contributed by atoms with Gasteiger partial charge in [0.2, 0.25) is 5.54 Å². The Balaban J connectivity index is 1.83. The van der Waals surface area contributed by atoms with Crippen molar-refractivity contribution in [3.8, 4) is 5.75 Å². The first-order chi connectivity index (χ1) is 17.1. The summed E-state index contributed by atoms with van der Waals surface area (Å²) in [7, 11) is 0.337. The van der Waals surface area contributed by atoms with Gasteiger partial charge in [-0.1, -0.05) is 43.4 Å². The second kappa shape index (κ2) is 14.0. The average Bonchev–Trinajstić information content (AvgIpc) is 2.86. The fraction of sp³-hybridized carbons (Fsp3) is 0.500. The van der Waals surface area contributed by atoms with Gasteiger partial charge in [-0.2, -0.15) is 0 Å². The van der Waals surface area contributed by atoms with E-state index in [0.29, 0.717) is 6.42 Å². The van der Waals surface area contributed by atoms with Gasteiger partial charge in [-0.25, -0.2) is 9.59 Å². The number of methoxy groups -OCH3 is 1. The molecule has 0 aliphatic heterocycles. The quantitative estimate of drug-likeness (QED) is 0.153. The highest BCUT2D eigenvalue weighted by Crippen LogP contribution is 2.22. The van der Waals surface area contributed by atoms with Crippen molar-refractivity contribution in [3.05, 3.63) is 59.7 Å². The molecule has 0 unspecified atom stereocenters. The molecular formula is C28H42N2O5Si. The summed E-state index contributed by atoms with van der Waals surface area (Å²) in [5.74, 6) is -0.583. The first-order valence-electron chi connectivity index (χ1n) is 12.7. The number of ether oxygens (including phenoxy) is 3. The van der Waals surface area contributed by atoms with Crippen molar-refractivity contribution in [1.29, 1.82) is 0 Å². The number of hydrogen-bond acceptors (Lipinski definition) is 7. The van der Waals surface area contributed by atoms with Gasteiger partial charge in [0.15, 0.2) is 0 Å². The molecule has 0 radical (unpaired) electrons. The molecule has 198 valence electrons. The summed E-state index contributed by atoms with van der Waals surface area (Å²) in [5.41, 5.74) is 7.72. The topological polar surface area (TPSA) is 99.9 Å². The predicted molar refractivity (Wildman–Crippen MR) is 147 cm³/mol. The zero-order valence-electron chi connectivity index (χ0n) is 22.4. The molecule has 0 saturated heterocycles. The lowest BCUT2D eigenvalue weighted by Gasteiger charge is -2.24. The van der Waals surface area contributed by atoms with E-state index in [9.17, 15) is 9.59 Å². The molecule has 36 heavy (non-hydrogen) atoms. The van der Waals surface area contributed by atoms with Crippen molar-refractivity contribution in [2.45, 2.75) is 63.8 Å². The van der Waals surface area contributed by atoms with Gasteiger partial charge in [-0.3, -0.25) is 0 Å². The molecule has 2 aromatic carbocycles. The van der Waals surface area contributed by atoms with E-state index in [1.54, 1.807) is 21.0 Å². The van der Waals surface area contributed by atoms with Crippen LogP contribution in [-0.2, 0) is 31.5 Å². The zero-order valence-corrected chi connectivity index (χ0v) is 23.4. The number of aryl methyl sites for hydroxylation is 1. The van der Waals surface area contributed by atoms with E-state index in [1.165, 1.54) is 11.6 Å². The number of esters is 2. The molecule has 8 heteroatoms. The van der Waals surface area contributed by atoms with E-state index in [1.807, 2.05) is 30.3 Å². The number of rotatable bonds is 15. The second-order valence-corrected chi connectivity index (χ2v) is 15.0. The van der Waals surface area contributed by atoms with Gasteiger partial charge >= 0.3 is 11.9 Å². The Kier molecular flexibility index (Phi) is 11.5. The summed E-state index contributed by atoms with van der Waals surface area (Å²) in [5, 5.41) is 3.50. The van der Waals surface area contributed by atoms with E-state index in [2.05, 4.69) is 36.6 Å². The van der Waals surface area contributed by atoms with E-state index in [0.717, 1.165) is 36.0 Å². The Hall–Kier alpha value is -2.84. The Bertz CT molecular complexity index is 960. The van der Waals surface area contributed by atoms with Crippen LogP contribution in [-0.4, -0.2) is 52.4 Å². The van der Waals surface area contributed by atoms with Gasteiger partial charge in [-0.05, 0) is 74.5 Å².